The smallest absolute Gasteiger partial charge is 0.161 e. The summed E-state index contributed by atoms with van der Waals surface area (Å²) in [6.45, 7) is 7.39. The van der Waals surface area contributed by atoms with Crippen molar-refractivity contribution in [1.82, 2.24) is 0 Å². The van der Waals surface area contributed by atoms with Crippen molar-refractivity contribution in [2.75, 3.05) is 17.6 Å². The number of nitrogens with one attached hydrogen (secondary N) is 1. The van der Waals surface area contributed by atoms with Crippen LogP contribution in [0.5, 0.6) is 0 Å². The molecule has 1 heterocycles. The normalized spacial score (nSPS) is 18.7. The molecule has 0 radical (unpaired) electrons. The van der Waals surface area contributed by atoms with Gasteiger partial charge in [0, 0.05) is 12.3 Å². The van der Waals surface area contributed by atoms with E-state index in [1.54, 1.807) is 11.8 Å². The Morgan fingerprint density at radius 1 is 1.41 bits per heavy atom. The standard InChI is InChI=1S/C13H17ClN2S/c1-9-4-5-10(14)11(6-9)16-12-15-7-13(2,3)8-17-12/h4-6H,7-8H2,1-3H3,(H,15,16). The van der Waals surface area contributed by atoms with Crippen LogP contribution < -0.4 is 5.32 Å². The summed E-state index contributed by atoms with van der Waals surface area (Å²) in [5.74, 6) is 1.09. The molecule has 0 fully saturated rings. The molecule has 1 aliphatic rings. The van der Waals surface area contributed by atoms with Crippen molar-refractivity contribution in [2.24, 2.45) is 10.4 Å². The summed E-state index contributed by atoms with van der Waals surface area (Å²) in [4.78, 5) is 4.56. The molecule has 2 nitrogen and oxygen atoms in total. The predicted octanol–water partition coefficient (Wildman–Crippen LogP) is 4.19. The fourth-order valence-electron chi connectivity index (χ4n) is 1.57. The Kier molecular flexibility index (Phi) is 3.69. The van der Waals surface area contributed by atoms with E-state index < -0.39 is 0 Å². The molecule has 1 aliphatic heterocycles. The summed E-state index contributed by atoms with van der Waals surface area (Å²) in [5, 5.41) is 5.02. The SMILES string of the molecule is Cc1ccc(Cl)c(NC2=NCC(C)(C)CS2)c1. The largest absolute Gasteiger partial charge is 0.334 e. The van der Waals surface area contributed by atoms with Crippen LogP contribution in [-0.4, -0.2) is 17.5 Å². The summed E-state index contributed by atoms with van der Waals surface area (Å²) in [7, 11) is 0. The van der Waals surface area contributed by atoms with Gasteiger partial charge in [-0.2, -0.15) is 0 Å². The predicted molar refractivity (Wildman–Crippen MR) is 78.4 cm³/mol. The first-order valence-electron chi connectivity index (χ1n) is 5.67. The van der Waals surface area contributed by atoms with E-state index in [1.165, 1.54) is 5.56 Å². The van der Waals surface area contributed by atoms with Crippen molar-refractivity contribution in [1.29, 1.82) is 0 Å². The highest BCUT2D eigenvalue weighted by atomic mass is 35.5. The van der Waals surface area contributed by atoms with Crippen molar-refractivity contribution >= 4 is 34.2 Å². The van der Waals surface area contributed by atoms with Crippen LogP contribution in [0, 0.1) is 12.3 Å². The second-order valence-corrected chi connectivity index (χ2v) is 6.55. The molecule has 17 heavy (non-hydrogen) atoms. The molecular weight excluding hydrogens is 252 g/mol. The summed E-state index contributed by atoms with van der Waals surface area (Å²) >= 11 is 7.90. The zero-order valence-electron chi connectivity index (χ0n) is 10.4. The maximum absolute atomic E-state index is 6.14. The average molecular weight is 269 g/mol. The maximum Gasteiger partial charge on any atom is 0.161 e. The van der Waals surface area contributed by atoms with E-state index in [1.807, 2.05) is 18.2 Å². The zero-order chi connectivity index (χ0) is 12.5. The first kappa shape index (κ1) is 12.8. The van der Waals surface area contributed by atoms with Crippen molar-refractivity contribution in [3.8, 4) is 0 Å². The van der Waals surface area contributed by atoms with Crippen LogP contribution >= 0.6 is 23.4 Å². The minimum atomic E-state index is 0.298. The van der Waals surface area contributed by atoms with Gasteiger partial charge >= 0.3 is 0 Å². The lowest BCUT2D eigenvalue weighted by molar-refractivity contribution is 0.438. The van der Waals surface area contributed by atoms with E-state index in [9.17, 15) is 0 Å². The second-order valence-electron chi connectivity index (χ2n) is 5.18. The minimum absolute atomic E-state index is 0.298. The number of amidine groups is 1. The third-order valence-corrected chi connectivity index (χ3v) is 4.37. The average Bonchev–Trinajstić information content (AvgIpc) is 2.26. The van der Waals surface area contributed by atoms with Gasteiger partial charge in [-0.15, -0.1) is 0 Å². The van der Waals surface area contributed by atoms with Crippen molar-refractivity contribution in [3.63, 3.8) is 0 Å². The van der Waals surface area contributed by atoms with Gasteiger partial charge < -0.3 is 5.32 Å². The van der Waals surface area contributed by atoms with Crippen LogP contribution in [0.1, 0.15) is 19.4 Å². The Morgan fingerprint density at radius 3 is 2.82 bits per heavy atom. The Bertz CT molecular complexity index is 455. The van der Waals surface area contributed by atoms with E-state index in [0.717, 1.165) is 28.2 Å². The molecule has 0 aromatic heterocycles. The molecule has 1 aromatic rings. The molecular formula is C13H17ClN2S. The van der Waals surface area contributed by atoms with Gasteiger partial charge in [-0.3, -0.25) is 4.99 Å². The molecule has 92 valence electrons. The first-order chi connectivity index (χ1) is 7.96. The quantitative estimate of drug-likeness (QED) is 0.826. The van der Waals surface area contributed by atoms with Gasteiger partial charge in [0.15, 0.2) is 5.17 Å². The van der Waals surface area contributed by atoms with Crippen molar-refractivity contribution in [2.45, 2.75) is 20.8 Å². The van der Waals surface area contributed by atoms with E-state index in [4.69, 9.17) is 11.6 Å². The van der Waals surface area contributed by atoms with Gasteiger partial charge in [-0.25, -0.2) is 0 Å². The fraction of sp³-hybridized carbons (Fsp3) is 0.462. The van der Waals surface area contributed by atoms with Crippen LogP contribution in [0.2, 0.25) is 5.02 Å². The van der Waals surface area contributed by atoms with Crippen LogP contribution in [-0.2, 0) is 0 Å². The molecule has 0 saturated heterocycles. The number of hydrogen-bond donors (Lipinski definition) is 1. The molecule has 0 bridgehead atoms. The Balaban J connectivity index is 2.12. The van der Waals surface area contributed by atoms with Crippen LogP contribution in [0.25, 0.3) is 0 Å². The summed E-state index contributed by atoms with van der Waals surface area (Å²) < 4.78 is 0. The van der Waals surface area contributed by atoms with Crippen LogP contribution in [0.3, 0.4) is 0 Å². The number of benzene rings is 1. The van der Waals surface area contributed by atoms with E-state index in [0.29, 0.717) is 5.41 Å². The summed E-state index contributed by atoms with van der Waals surface area (Å²) in [6.07, 6.45) is 0. The fourth-order valence-corrected chi connectivity index (χ4v) is 2.69. The lowest BCUT2D eigenvalue weighted by Gasteiger charge is -2.27. The summed E-state index contributed by atoms with van der Waals surface area (Å²) in [5.41, 5.74) is 2.43. The highest BCUT2D eigenvalue weighted by molar-refractivity contribution is 8.14. The lowest BCUT2D eigenvalue weighted by Crippen LogP contribution is -2.27. The number of aliphatic imine (C=N–C) groups is 1. The maximum atomic E-state index is 6.14. The van der Waals surface area contributed by atoms with Gasteiger partial charge in [0.25, 0.3) is 0 Å². The number of anilines is 1. The molecule has 4 heteroatoms. The second kappa shape index (κ2) is 4.91. The number of aryl methyl sites for hydroxylation is 1. The highest BCUT2D eigenvalue weighted by Gasteiger charge is 2.23. The molecule has 2 rings (SSSR count). The van der Waals surface area contributed by atoms with Crippen molar-refractivity contribution < 1.29 is 0 Å². The molecule has 0 atom stereocenters. The van der Waals surface area contributed by atoms with Crippen molar-refractivity contribution in [3.05, 3.63) is 28.8 Å². The third kappa shape index (κ3) is 3.39. The highest BCUT2D eigenvalue weighted by Crippen LogP contribution is 2.30. The Morgan fingerprint density at radius 2 is 2.18 bits per heavy atom. The number of thioether (sulfide) groups is 1. The molecule has 0 unspecified atom stereocenters. The molecule has 1 N–H and O–H groups in total. The van der Waals surface area contributed by atoms with E-state index in [-0.39, 0.29) is 0 Å². The molecule has 0 saturated carbocycles. The topological polar surface area (TPSA) is 24.4 Å². The molecule has 0 amide bonds. The van der Waals surface area contributed by atoms with Gasteiger partial charge in [0.2, 0.25) is 0 Å². The monoisotopic (exact) mass is 268 g/mol. The van der Waals surface area contributed by atoms with Gasteiger partial charge in [0.05, 0.1) is 10.7 Å². The lowest BCUT2D eigenvalue weighted by atomic mass is 9.97. The molecule has 0 aliphatic carbocycles. The first-order valence-corrected chi connectivity index (χ1v) is 7.03. The molecule has 0 spiro atoms. The number of halogens is 1. The van der Waals surface area contributed by atoms with Gasteiger partial charge in [-0.05, 0) is 30.0 Å². The Labute approximate surface area is 112 Å². The summed E-state index contributed by atoms with van der Waals surface area (Å²) in [6, 6.07) is 5.97. The molecule has 1 aromatic carbocycles. The van der Waals surface area contributed by atoms with Gasteiger partial charge in [0.1, 0.15) is 0 Å². The van der Waals surface area contributed by atoms with Gasteiger partial charge in [-0.1, -0.05) is 43.3 Å². The Hall–Kier alpha value is -0.670. The minimum Gasteiger partial charge on any atom is -0.334 e. The van der Waals surface area contributed by atoms with E-state index in [2.05, 4.69) is 31.1 Å². The van der Waals surface area contributed by atoms with Crippen LogP contribution in [0.15, 0.2) is 23.2 Å². The third-order valence-electron chi connectivity index (χ3n) is 2.61. The number of rotatable bonds is 1. The van der Waals surface area contributed by atoms with Crippen LogP contribution in [0.4, 0.5) is 5.69 Å². The zero-order valence-corrected chi connectivity index (χ0v) is 12.0. The number of nitrogens with zero attached hydrogens (tertiary/aromatic N) is 1. The van der Waals surface area contributed by atoms with E-state index >= 15 is 0 Å². The number of hydrogen-bond acceptors (Lipinski definition) is 3.